The zero-order valence-electron chi connectivity index (χ0n) is 15.2. The topological polar surface area (TPSA) is 83.8 Å². The van der Waals surface area contributed by atoms with E-state index in [9.17, 15) is 4.79 Å². The summed E-state index contributed by atoms with van der Waals surface area (Å²) in [4.78, 5) is 20.2. The maximum atomic E-state index is 12.5. The van der Waals surface area contributed by atoms with Gasteiger partial charge >= 0.3 is 0 Å². The molecule has 2 aromatic carbocycles. The number of aromatic amines is 1. The van der Waals surface area contributed by atoms with Crippen LogP contribution in [-0.2, 0) is 13.0 Å². The van der Waals surface area contributed by atoms with E-state index in [0.717, 1.165) is 22.9 Å². The van der Waals surface area contributed by atoms with E-state index >= 15 is 0 Å². The summed E-state index contributed by atoms with van der Waals surface area (Å²) in [5, 5.41) is 7.86. The largest absolute Gasteiger partial charge is 0.358 e. The highest BCUT2D eigenvalue weighted by atomic mass is 16.5. The van der Waals surface area contributed by atoms with Gasteiger partial charge < -0.3 is 14.8 Å². The van der Waals surface area contributed by atoms with Gasteiger partial charge in [-0.15, -0.1) is 0 Å². The molecule has 4 rings (SSSR count). The Hall–Kier alpha value is -3.41. The van der Waals surface area contributed by atoms with E-state index < -0.39 is 0 Å². The summed E-state index contributed by atoms with van der Waals surface area (Å²) < 4.78 is 5.26. The lowest BCUT2D eigenvalue weighted by Gasteiger charge is -2.03. The second kappa shape index (κ2) is 7.07. The molecule has 0 fully saturated rings. The zero-order chi connectivity index (χ0) is 18.8. The van der Waals surface area contributed by atoms with Gasteiger partial charge in [0.2, 0.25) is 0 Å². The Kier molecular flexibility index (Phi) is 4.46. The first-order valence-corrected chi connectivity index (χ1v) is 8.93. The fourth-order valence-corrected chi connectivity index (χ4v) is 3.16. The lowest BCUT2D eigenvalue weighted by atomic mass is 10.1. The summed E-state index contributed by atoms with van der Waals surface area (Å²) >= 11 is 0. The third-order valence-electron chi connectivity index (χ3n) is 4.67. The van der Waals surface area contributed by atoms with Crippen LogP contribution in [0.2, 0.25) is 0 Å². The molecule has 2 heterocycles. The Morgan fingerprint density at radius 2 is 2.00 bits per heavy atom. The fraction of sp³-hybridized carbons (Fsp3) is 0.190. The highest BCUT2D eigenvalue weighted by Crippen LogP contribution is 2.23. The number of rotatable bonds is 5. The van der Waals surface area contributed by atoms with Crippen LogP contribution in [0.4, 0.5) is 0 Å². The number of aryl methyl sites for hydroxylation is 2. The summed E-state index contributed by atoms with van der Waals surface area (Å²) in [6, 6.07) is 15.2. The van der Waals surface area contributed by atoms with Crippen LogP contribution in [0.25, 0.3) is 22.4 Å². The van der Waals surface area contributed by atoms with Gasteiger partial charge in [0.15, 0.2) is 5.82 Å². The van der Waals surface area contributed by atoms with E-state index in [1.165, 1.54) is 11.3 Å². The van der Waals surface area contributed by atoms with E-state index in [2.05, 4.69) is 34.3 Å². The molecule has 6 nitrogen and oxygen atoms in total. The van der Waals surface area contributed by atoms with Crippen LogP contribution in [0.3, 0.4) is 0 Å². The summed E-state index contributed by atoms with van der Waals surface area (Å²) in [5.74, 6) is 0.715. The highest BCUT2D eigenvalue weighted by Gasteiger charge is 2.13. The summed E-state index contributed by atoms with van der Waals surface area (Å²) in [6.45, 7) is 4.39. The summed E-state index contributed by atoms with van der Waals surface area (Å²) in [5.41, 5.74) is 4.89. The number of benzene rings is 2. The Balaban J connectivity index is 1.47. The maximum Gasteiger partial charge on any atom is 0.257 e. The third-order valence-corrected chi connectivity index (χ3v) is 4.67. The second-order valence-electron chi connectivity index (χ2n) is 6.41. The molecular weight excluding hydrogens is 340 g/mol. The number of carbonyl (C=O) groups is 1. The van der Waals surface area contributed by atoms with E-state index in [0.29, 0.717) is 17.3 Å². The molecule has 6 heteroatoms. The van der Waals surface area contributed by atoms with E-state index in [1.54, 1.807) is 0 Å². The van der Waals surface area contributed by atoms with Crippen molar-refractivity contribution in [2.75, 3.05) is 0 Å². The molecule has 0 atom stereocenters. The molecule has 0 aliphatic heterocycles. The van der Waals surface area contributed by atoms with Crippen LogP contribution in [0.1, 0.15) is 34.4 Å². The average Bonchev–Trinajstić information content (AvgIpc) is 3.31. The van der Waals surface area contributed by atoms with Crippen molar-refractivity contribution in [2.45, 2.75) is 26.8 Å². The first kappa shape index (κ1) is 17.0. The molecule has 0 aliphatic rings. The van der Waals surface area contributed by atoms with Crippen molar-refractivity contribution in [3.05, 3.63) is 71.2 Å². The van der Waals surface area contributed by atoms with Gasteiger partial charge in [-0.1, -0.05) is 30.3 Å². The smallest absolute Gasteiger partial charge is 0.257 e. The van der Waals surface area contributed by atoms with Crippen molar-refractivity contribution in [2.24, 2.45) is 0 Å². The Morgan fingerprint density at radius 3 is 2.78 bits per heavy atom. The normalized spacial score (nSPS) is 11.0. The highest BCUT2D eigenvalue weighted by molar-refractivity contribution is 5.99. The average molecular weight is 360 g/mol. The quantitative estimate of drug-likeness (QED) is 0.563. The van der Waals surface area contributed by atoms with Crippen LogP contribution in [0.15, 0.2) is 53.1 Å². The molecule has 0 saturated carbocycles. The number of aromatic nitrogens is 3. The molecular formula is C21H20N4O2. The van der Waals surface area contributed by atoms with Crippen molar-refractivity contribution < 1.29 is 9.32 Å². The molecule has 2 N–H and O–H groups in total. The van der Waals surface area contributed by atoms with Gasteiger partial charge in [0.25, 0.3) is 11.8 Å². The van der Waals surface area contributed by atoms with Crippen LogP contribution in [0.5, 0.6) is 0 Å². The number of fused-ring (bicyclic) bond motifs is 1. The monoisotopic (exact) mass is 360 g/mol. The third kappa shape index (κ3) is 3.33. The number of nitrogens with zero attached hydrogens (tertiary/aromatic N) is 2. The standard InChI is InChI=1S/C21H20N4O2/c1-3-17-13(2)16-11-15(9-10-18(16)23-17)20(26)22-12-19-24-21(27-25-19)14-7-5-4-6-8-14/h4-11,23H,3,12H2,1-2H3,(H,22,26). The van der Waals surface area contributed by atoms with Gasteiger partial charge in [0, 0.05) is 27.7 Å². The van der Waals surface area contributed by atoms with Crippen molar-refractivity contribution in [3.8, 4) is 11.5 Å². The van der Waals surface area contributed by atoms with Crippen molar-refractivity contribution in [1.82, 2.24) is 20.4 Å². The molecule has 0 bridgehead atoms. The molecule has 4 aromatic rings. The van der Waals surface area contributed by atoms with E-state index in [-0.39, 0.29) is 12.5 Å². The zero-order valence-corrected chi connectivity index (χ0v) is 15.2. The van der Waals surface area contributed by atoms with Gasteiger partial charge in [-0.25, -0.2) is 0 Å². The predicted molar refractivity (Wildman–Crippen MR) is 103 cm³/mol. The fourth-order valence-electron chi connectivity index (χ4n) is 3.16. The van der Waals surface area contributed by atoms with Crippen LogP contribution >= 0.6 is 0 Å². The van der Waals surface area contributed by atoms with Gasteiger partial charge in [-0.3, -0.25) is 4.79 Å². The predicted octanol–water partition coefficient (Wildman–Crippen LogP) is 4.02. The summed E-state index contributed by atoms with van der Waals surface area (Å²) in [6.07, 6.45) is 0.934. The molecule has 0 unspecified atom stereocenters. The van der Waals surface area contributed by atoms with Crippen molar-refractivity contribution in [3.63, 3.8) is 0 Å². The van der Waals surface area contributed by atoms with Crippen molar-refractivity contribution in [1.29, 1.82) is 0 Å². The van der Waals surface area contributed by atoms with Crippen LogP contribution in [0, 0.1) is 6.92 Å². The molecule has 0 spiro atoms. The van der Waals surface area contributed by atoms with Crippen LogP contribution in [-0.4, -0.2) is 21.0 Å². The Morgan fingerprint density at radius 1 is 1.19 bits per heavy atom. The number of amides is 1. The maximum absolute atomic E-state index is 12.5. The van der Waals surface area contributed by atoms with E-state index in [4.69, 9.17) is 4.52 Å². The molecule has 0 saturated heterocycles. The van der Waals surface area contributed by atoms with Crippen molar-refractivity contribution >= 4 is 16.8 Å². The minimum atomic E-state index is -0.165. The minimum absolute atomic E-state index is 0.165. The lowest BCUT2D eigenvalue weighted by Crippen LogP contribution is -2.23. The van der Waals surface area contributed by atoms with Gasteiger partial charge in [-0.2, -0.15) is 4.98 Å². The number of hydrogen-bond donors (Lipinski definition) is 2. The molecule has 2 aromatic heterocycles. The number of H-pyrrole nitrogens is 1. The molecule has 27 heavy (non-hydrogen) atoms. The van der Waals surface area contributed by atoms with E-state index in [1.807, 2.05) is 48.5 Å². The Labute approximate surface area is 156 Å². The second-order valence-corrected chi connectivity index (χ2v) is 6.41. The minimum Gasteiger partial charge on any atom is -0.358 e. The van der Waals surface area contributed by atoms with Gasteiger partial charge in [0.1, 0.15) is 0 Å². The number of carbonyl (C=O) groups excluding carboxylic acids is 1. The number of nitrogens with one attached hydrogen (secondary N) is 2. The SMILES string of the molecule is CCc1[nH]c2ccc(C(=O)NCc3noc(-c4ccccc4)n3)cc2c1C. The van der Waals surface area contributed by atoms with Gasteiger partial charge in [-0.05, 0) is 49.2 Å². The molecule has 136 valence electrons. The van der Waals surface area contributed by atoms with Gasteiger partial charge in [0.05, 0.1) is 6.54 Å². The molecule has 1 amide bonds. The first-order chi connectivity index (χ1) is 13.2. The molecule has 0 aliphatic carbocycles. The number of hydrogen-bond acceptors (Lipinski definition) is 4. The first-order valence-electron chi connectivity index (χ1n) is 8.93. The molecule has 0 radical (unpaired) electrons. The Bertz CT molecular complexity index is 1100. The van der Waals surface area contributed by atoms with Crippen LogP contribution < -0.4 is 5.32 Å². The lowest BCUT2D eigenvalue weighted by molar-refractivity contribution is 0.0950. The summed E-state index contributed by atoms with van der Waals surface area (Å²) in [7, 11) is 0.